The summed E-state index contributed by atoms with van der Waals surface area (Å²) >= 11 is 3.41. The lowest BCUT2D eigenvalue weighted by Gasteiger charge is -2.04. The molecule has 14 heavy (non-hydrogen) atoms. The summed E-state index contributed by atoms with van der Waals surface area (Å²) in [4.78, 5) is 11.4. The number of ketones is 1. The zero-order valence-corrected chi connectivity index (χ0v) is 10.2. The van der Waals surface area contributed by atoms with Gasteiger partial charge in [-0.3, -0.25) is 4.79 Å². The smallest absolute Gasteiger partial charge is 0.137 e. The lowest BCUT2D eigenvalue weighted by molar-refractivity contribution is -0.118. The number of carbonyl (C=O) groups excluding carboxylic acids is 1. The van der Waals surface area contributed by atoms with Gasteiger partial charge in [-0.1, -0.05) is 28.9 Å². The van der Waals surface area contributed by atoms with E-state index in [9.17, 15) is 4.79 Å². The monoisotopic (exact) mass is 254 g/mol. The molecule has 0 aromatic heterocycles. The lowest BCUT2D eigenvalue weighted by Crippen LogP contribution is -2.03. The van der Waals surface area contributed by atoms with Crippen LogP contribution in [-0.2, 0) is 11.2 Å². The standard InChI is InChI=1S/C12H15BrO/c1-3-4-12(14)8-10-5-6-11(13)7-9(10)2/h5-7H,3-4,8H2,1-2H3. The van der Waals surface area contributed by atoms with E-state index in [0.717, 1.165) is 16.5 Å². The Labute approximate surface area is 93.7 Å². The van der Waals surface area contributed by atoms with Crippen molar-refractivity contribution in [2.45, 2.75) is 33.1 Å². The fourth-order valence-corrected chi connectivity index (χ4v) is 1.91. The van der Waals surface area contributed by atoms with E-state index in [2.05, 4.69) is 22.0 Å². The molecule has 0 radical (unpaired) electrons. The summed E-state index contributed by atoms with van der Waals surface area (Å²) in [5.74, 6) is 0.331. The van der Waals surface area contributed by atoms with Gasteiger partial charge in [0.2, 0.25) is 0 Å². The molecule has 0 atom stereocenters. The SMILES string of the molecule is CCCC(=O)Cc1ccc(Br)cc1C. The second kappa shape index (κ2) is 5.30. The highest BCUT2D eigenvalue weighted by Gasteiger charge is 2.05. The number of hydrogen-bond acceptors (Lipinski definition) is 1. The van der Waals surface area contributed by atoms with Crippen LogP contribution in [0.5, 0.6) is 0 Å². The van der Waals surface area contributed by atoms with Crippen LogP contribution in [0.15, 0.2) is 22.7 Å². The molecule has 1 aromatic rings. The second-order valence-corrected chi connectivity index (χ2v) is 4.45. The Morgan fingerprint density at radius 2 is 2.14 bits per heavy atom. The van der Waals surface area contributed by atoms with Crippen molar-refractivity contribution in [1.29, 1.82) is 0 Å². The van der Waals surface area contributed by atoms with Gasteiger partial charge in [0, 0.05) is 17.3 Å². The van der Waals surface area contributed by atoms with E-state index in [1.807, 2.05) is 26.0 Å². The van der Waals surface area contributed by atoms with Crippen LogP contribution >= 0.6 is 15.9 Å². The van der Waals surface area contributed by atoms with Crippen molar-refractivity contribution in [3.05, 3.63) is 33.8 Å². The summed E-state index contributed by atoms with van der Waals surface area (Å²) in [6.07, 6.45) is 2.21. The quantitative estimate of drug-likeness (QED) is 0.802. The van der Waals surface area contributed by atoms with Crippen LogP contribution in [-0.4, -0.2) is 5.78 Å². The maximum atomic E-state index is 11.4. The summed E-state index contributed by atoms with van der Waals surface area (Å²) in [6.45, 7) is 4.08. The van der Waals surface area contributed by atoms with Crippen molar-refractivity contribution in [2.24, 2.45) is 0 Å². The molecule has 0 aliphatic rings. The Morgan fingerprint density at radius 1 is 1.43 bits per heavy atom. The number of halogens is 1. The van der Waals surface area contributed by atoms with Gasteiger partial charge in [-0.05, 0) is 36.6 Å². The van der Waals surface area contributed by atoms with Crippen LogP contribution in [0.25, 0.3) is 0 Å². The number of hydrogen-bond donors (Lipinski definition) is 0. The van der Waals surface area contributed by atoms with E-state index in [-0.39, 0.29) is 0 Å². The number of carbonyl (C=O) groups is 1. The van der Waals surface area contributed by atoms with E-state index in [0.29, 0.717) is 18.6 Å². The second-order valence-electron chi connectivity index (χ2n) is 3.54. The van der Waals surface area contributed by atoms with Gasteiger partial charge in [0.1, 0.15) is 5.78 Å². The maximum absolute atomic E-state index is 11.4. The molecular weight excluding hydrogens is 240 g/mol. The first-order valence-electron chi connectivity index (χ1n) is 4.90. The van der Waals surface area contributed by atoms with E-state index in [1.165, 1.54) is 5.56 Å². The summed E-state index contributed by atoms with van der Waals surface area (Å²) in [5.41, 5.74) is 2.33. The van der Waals surface area contributed by atoms with Crippen LogP contribution in [0.4, 0.5) is 0 Å². The summed E-state index contributed by atoms with van der Waals surface area (Å²) in [7, 11) is 0. The summed E-state index contributed by atoms with van der Waals surface area (Å²) in [6, 6.07) is 6.06. The van der Waals surface area contributed by atoms with Crippen molar-refractivity contribution < 1.29 is 4.79 Å². The molecule has 0 N–H and O–H groups in total. The minimum atomic E-state index is 0.331. The summed E-state index contributed by atoms with van der Waals surface area (Å²) in [5, 5.41) is 0. The van der Waals surface area contributed by atoms with Gasteiger partial charge in [-0.2, -0.15) is 0 Å². The molecule has 0 saturated heterocycles. The van der Waals surface area contributed by atoms with Crippen molar-refractivity contribution in [3.8, 4) is 0 Å². The minimum absolute atomic E-state index is 0.331. The van der Waals surface area contributed by atoms with Crippen molar-refractivity contribution in [2.75, 3.05) is 0 Å². The van der Waals surface area contributed by atoms with Crippen LogP contribution in [0.2, 0.25) is 0 Å². The molecule has 0 spiro atoms. The molecule has 0 heterocycles. The molecule has 1 rings (SSSR count). The van der Waals surface area contributed by atoms with Gasteiger partial charge >= 0.3 is 0 Å². The van der Waals surface area contributed by atoms with Crippen LogP contribution in [0, 0.1) is 6.92 Å². The van der Waals surface area contributed by atoms with E-state index in [1.54, 1.807) is 0 Å². The zero-order chi connectivity index (χ0) is 10.6. The zero-order valence-electron chi connectivity index (χ0n) is 8.64. The van der Waals surface area contributed by atoms with Gasteiger partial charge < -0.3 is 0 Å². The first-order chi connectivity index (χ1) is 6.63. The minimum Gasteiger partial charge on any atom is -0.299 e. The number of benzene rings is 1. The Bertz CT molecular complexity index is 331. The van der Waals surface area contributed by atoms with E-state index < -0.39 is 0 Å². The molecule has 1 nitrogen and oxygen atoms in total. The topological polar surface area (TPSA) is 17.1 Å². The molecular formula is C12H15BrO. The number of aryl methyl sites for hydroxylation is 1. The van der Waals surface area contributed by atoms with Crippen molar-refractivity contribution >= 4 is 21.7 Å². The fourth-order valence-electron chi connectivity index (χ4n) is 1.44. The molecule has 0 aliphatic heterocycles. The molecule has 0 fully saturated rings. The van der Waals surface area contributed by atoms with Gasteiger partial charge in [0.05, 0.1) is 0 Å². The molecule has 0 amide bonds. The Balaban J connectivity index is 2.72. The van der Waals surface area contributed by atoms with Gasteiger partial charge in [-0.25, -0.2) is 0 Å². The highest BCUT2D eigenvalue weighted by molar-refractivity contribution is 9.10. The molecule has 76 valence electrons. The molecule has 1 aromatic carbocycles. The first kappa shape index (κ1) is 11.4. The fraction of sp³-hybridized carbons (Fsp3) is 0.417. The predicted octanol–water partition coefficient (Wildman–Crippen LogP) is 3.67. The lowest BCUT2D eigenvalue weighted by atomic mass is 10.0. The molecule has 2 heteroatoms. The first-order valence-corrected chi connectivity index (χ1v) is 5.69. The number of Topliss-reactive ketones (excluding diaryl/α,β-unsaturated/α-hetero) is 1. The third-order valence-electron chi connectivity index (χ3n) is 2.22. The normalized spacial score (nSPS) is 10.2. The Kier molecular flexibility index (Phi) is 4.33. The molecule has 0 bridgehead atoms. The van der Waals surface area contributed by atoms with Gasteiger partial charge in [0.25, 0.3) is 0 Å². The van der Waals surface area contributed by atoms with Crippen LogP contribution in [0.3, 0.4) is 0 Å². The largest absolute Gasteiger partial charge is 0.299 e. The molecule has 0 unspecified atom stereocenters. The summed E-state index contributed by atoms with van der Waals surface area (Å²) < 4.78 is 1.07. The maximum Gasteiger partial charge on any atom is 0.137 e. The Morgan fingerprint density at radius 3 is 2.71 bits per heavy atom. The Hall–Kier alpha value is -0.630. The van der Waals surface area contributed by atoms with E-state index in [4.69, 9.17) is 0 Å². The van der Waals surface area contributed by atoms with Crippen molar-refractivity contribution in [3.63, 3.8) is 0 Å². The van der Waals surface area contributed by atoms with Crippen LogP contribution in [0.1, 0.15) is 30.9 Å². The van der Waals surface area contributed by atoms with Crippen LogP contribution < -0.4 is 0 Å². The molecule has 0 aliphatic carbocycles. The average molecular weight is 255 g/mol. The van der Waals surface area contributed by atoms with E-state index >= 15 is 0 Å². The highest BCUT2D eigenvalue weighted by atomic mass is 79.9. The third kappa shape index (κ3) is 3.26. The average Bonchev–Trinajstić information content (AvgIpc) is 2.10. The molecule has 0 saturated carbocycles. The highest BCUT2D eigenvalue weighted by Crippen LogP contribution is 2.16. The number of rotatable bonds is 4. The predicted molar refractivity (Wildman–Crippen MR) is 62.5 cm³/mol. The van der Waals surface area contributed by atoms with Crippen molar-refractivity contribution in [1.82, 2.24) is 0 Å². The third-order valence-corrected chi connectivity index (χ3v) is 2.71. The van der Waals surface area contributed by atoms with Gasteiger partial charge in [-0.15, -0.1) is 0 Å². The van der Waals surface area contributed by atoms with Gasteiger partial charge in [0.15, 0.2) is 0 Å².